The fraction of sp³-hybridized carbons (Fsp3) is 0.0323. The highest BCUT2D eigenvalue weighted by atomic mass is 16.5. The molecule has 0 fully saturated rings. The molecule has 0 saturated heterocycles. The van der Waals surface area contributed by atoms with Gasteiger partial charge in [0.05, 0.1) is 5.69 Å². The van der Waals surface area contributed by atoms with E-state index in [1.807, 2.05) is 91.0 Å². The molecule has 3 aromatic heterocycles. The molecule has 6 nitrogen and oxygen atoms in total. The second kappa shape index (κ2) is 10.1. The molecule has 0 amide bonds. The molecule has 0 unspecified atom stereocenters. The Morgan fingerprint density at radius 2 is 1.46 bits per heavy atom. The molecule has 6 rings (SSSR count). The Kier molecular flexibility index (Phi) is 6.09. The van der Waals surface area contributed by atoms with Gasteiger partial charge in [-0.25, -0.2) is 15.0 Å². The van der Waals surface area contributed by atoms with E-state index in [9.17, 15) is 0 Å². The van der Waals surface area contributed by atoms with Crippen molar-refractivity contribution in [1.29, 1.82) is 0 Å². The molecule has 0 atom stereocenters. The molecule has 0 aliphatic rings. The van der Waals surface area contributed by atoms with Crippen molar-refractivity contribution >= 4 is 21.9 Å². The average Bonchev–Trinajstić information content (AvgIpc) is 2.96. The summed E-state index contributed by atoms with van der Waals surface area (Å²) < 4.78 is 12.0. The molecule has 37 heavy (non-hydrogen) atoms. The summed E-state index contributed by atoms with van der Waals surface area (Å²) >= 11 is 0. The van der Waals surface area contributed by atoms with E-state index in [1.165, 1.54) is 0 Å². The number of aromatic nitrogens is 4. The van der Waals surface area contributed by atoms with Gasteiger partial charge in [0.15, 0.2) is 11.3 Å². The molecule has 0 saturated carbocycles. The minimum Gasteiger partial charge on any atom is -0.469 e. The lowest BCUT2D eigenvalue weighted by Gasteiger charge is -2.09. The van der Waals surface area contributed by atoms with Crippen LogP contribution in [0.4, 0.5) is 0 Å². The summed E-state index contributed by atoms with van der Waals surface area (Å²) in [7, 11) is 0. The predicted octanol–water partition coefficient (Wildman–Crippen LogP) is 6.34. The second-order valence-corrected chi connectivity index (χ2v) is 8.18. The van der Waals surface area contributed by atoms with Crippen molar-refractivity contribution in [2.24, 2.45) is 0 Å². The highest BCUT2D eigenvalue weighted by Crippen LogP contribution is 2.23. The van der Waals surface area contributed by atoms with Gasteiger partial charge in [-0.1, -0.05) is 48.4 Å². The number of fused-ring (bicyclic) bond motifs is 2. The number of rotatable bonds is 5. The maximum atomic E-state index is 6.13. The lowest BCUT2D eigenvalue weighted by atomic mass is 10.1. The molecule has 176 valence electrons. The van der Waals surface area contributed by atoms with Crippen LogP contribution in [-0.2, 0) is 6.61 Å². The van der Waals surface area contributed by atoms with E-state index < -0.39 is 0 Å². The largest absolute Gasteiger partial charge is 0.469 e. The van der Waals surface area contributed by atoms with Gasteiger partial charge < -0.3 is 9.47 Å². The van der Waals surface area contributed by atoms with Crippen LogP contribution in [0.3, 0.4) is 0 Å². The molecule has 3 aromatic carbocycles. The normalized spacial score (nSPS) is 10.6. The molecule has 6 aromatic rings. The first-order valence-electron chi connectivity index (χ1n) is 11.7. The number of pyridine rings is 2. The molecule has 0 spiro atoms. The Morgan fingerprint density at radius 3 is 2.35 bits per heavy atom. The van der Waals surface area contributed by atoms with E-state index >= 15 is 0 Å². The van der Waals surface area contributed by atoms with E-state index in [0.717, 1.165) is 33.5 Å². The molecular weight excluding hydrogens is 460 g/mol. The Morgan fingerprint density at radius 1 is 0.649 bits per heavy atom. The van der Waals surface area contributed by atoms with E-state index in [1.54, 1.807) is 12.4 Å². The zero-order chi connectivity index (χ0) is 24.9. The van der Waals surface area contributed by atoms with Gasteiger partial charge in [-0.3, -0.25) is 4.98 Å². The fourth-order valence-electron chi connectivity index (χ4n) is 3.86. The van der Waals surface area contributed by atoms with Crippen molar-refractivity contribution in [3.05, 3.63) is 126 Å². The summed E-state index contributed by atoms with van der Waals surface area (Å²) in [5.74, 6) is 8.12. The van der Waals surface area contributed by atoms with E-state index in [-0.39, 0.29) is 6.61 Å². The van der Waals surface area contributed by atoms with Crippen LogP contribution in [0.5, 0.6) is 17.4 Å². The van der Waals surface area contributed by atoms with Crippen LogP contribution in [0.2, 0.25) is 0 Å². The van der Waals surface area contributed by atoms with Crippen LogP contribution in [-0.4, -0.2) is 19.9 Å². The molecule has 3 heterocycles. The van der Waals surface area contributed by atoms with E-state index in [0.29, 0.717) is 22.7 Å². The first kappa shape index (κ1) is 22.2. The summed E-state index contributed by atoms with van der Waals surface area (Å²) in [6.07, 6.45) is 3.46. The van der Waals surface area contributed by atoms with Crippen LogP contribution in [0.1, 0.15) is 17.0 Å². The number of ether oxygens (including phenoxy) is 2. The molecule has 0 aliphatic heterocycles. The van der Waals surface area contributed by atoms with Crippen molar-refractivity contribution in [3.8, 4) is 29.2 Å². The minimum absolute atomic E-state index is 0.238. The fourth-order valence-corrected chi connectivity index (χ4v) is 3.86. The second-order valence-electron chi connectivity index (χ2n) is 8.18. The SMILES string of the molecule is C(#Cc1nc2ncccc2nc1OCc1nccc2ccccc12)c1ccc(Oc2ccccc2)cc1. The van der Waals surface area contributed by atoms with Crippen molar-refractivity contribution in [1.82, 2.24) is 19.9 Å². The van der Waals surface area contributed by atoms with Gasteiger partial charge in [0.1, 0.15) is 23.6 Å². The monoisotopic (exact) mass is 480 g/mol. The van der Waals surface area contributed by atoms with Crippen molar-refractivity contribution < 1.29 is 9.47 Å². The quantitative estimate of drug-likeness (QED) is 0.268. The van der Waals surface area contributed by atoms with Gasteiger partial charge in [-0.2, -0.15) is 0 Å². The summed E-state index contributed by atoms with van der Waals surface area (Å²) in [6, 6.07) is 30.9. The van der Waals surface area contributed by atoms with Crippen molar-refractivity contribution in [2.75, 3.05) is 0 Å². The number of nitrogens with zero attached hydrogens (tertiary/aromatic N) is 4. The summed E-state index contributed by atoms with van der Waals surface area (Å²) in [5, 5.41) is 2.13. The Hall–Kier alpha value is -5.28. The van der Waals surface area contributed by atoms with Crippen LogP contribution in [0.15, 0.2) is 109 Å². The highest BCUT2D eigenvalue weighted by molar-refractivity contribution is 5.84. The third-order valence-corrected chi connectivity index (χ3v) is 5.67. The lowest BCUT2D eigenvalue weighted by Crippen LogP contribution is -2.04. The Bertz CT molecular complexity index is 1750. The van der Waals surface area contributed by atoms with Crippen LogP contribution < -0.4 is 9.47 Å². The third-order valence-electron chi connectivity index (χ3n) is 5.67. The zero-order valence-corrected chi connectivity index (χ0v) is 19.7. The maximum Gasteiger partial charge on any atom is 0.250 e. The summed E-state index contributed by atoms with van der Waals surface area (Å²) in [5.41, 5.74) is 3.19. The molecular formula is C31H20N4O2. The smallest absolute Gasteiger partial charge is 0.250 e. The van der Waals surface area contributed by atoms with Gasteiger partial charge >= 0.3 is 0 Å². The third kappa shape index (κ3) is 5.07. The van der Waals surface area contributed by atoms with Crippen LogP contribution in [0, 0.1) is 11.8 Å². The first-order valence-corrected chi connectivity index (χ1v) is 11.7. The summed E-state index contributed by atoms with van der Waals surface area (Å²) in [4.78, 5) is 18.1. The Balaban J connectivity index is 1.28. The standard InChI is InChI=1S/C31H20N4O2/c1-2-8-24(9-3-1)37-25-15-12-22(13-16-25)14-17-28-31(35-27-11-6-19-33-30(27)34-28)36-21-29-26-10-5-4-7-23(26)18-20-32-29/h1-13,15-16,18-20H,21H2. The molecule has 0 bridgehead atoms. The maximum absolute atomic E-state index is 6.13. The highest BCUT2D eigenvalue weighted by Gasteiger charge is 2.11. The Labute approximate surface area is 213 Å². The average molecular weight is 481 g/mol. The van der Waals surface area contributed by atoms with Crippen LogP contribution >= 0.6 is 0 Å². The van der Waals surface area contributed by atoms with Gasteiger partial charge in [-0.05, 0) is 65.9 Å². The number of hydrogen-bond acceptors (Lipinski definition) is 6. The van der Waals surface area contributed by atoms with Crippen molar-refractivity contribution in [3.63, 3.8) is 0 Å². The number of hydrogen-bond donors (Lipinski definition) is 0. The molecule has 0 N–H and O–H groups in total. The zero-order valence-electron chi connectivity index (χ0n) is 19.7. The van der Waals surface area contributed by atoms with Crippen molar-refractivity contribution in [2.45, 2.75) is 6.61 Å². The van der Waals surface area contributed by atoms with Gasteiger partial charge in [-0.15, -0.1) is 0 Å². The topological polar surface area (TPSA) is 70.0 Å². The van der Waals surface area contributed by atoms with Gasteiger partial charge in [0.25, 0.3) is 0 Å². The molecule has 0 radical (unpaired) electrons. The van der Waals surface area contributed by atoms with Crippen LogP contribution in [0.25, 0.3) is 21.9 Å². The van der Waals surface area contributed by atoms with Gasteiger partial charge in [0, 0.05) is 23.3 Å². The summed E-state index contributed by atoms with van der Waals surface area (Å²) in [6.45, 7) is 0.238. The van der Waals surface area contributed by atoms with Gasteiger partial charge in [0.2, 0.25) is 5.88 Å². The van der Waals surface area contributed by atoms with E-state index in [2.05, 4.69) is 37.8 Å². The molecule has 6 heteroatoms. The predicted molar refractivity (Wildman–Crippen MR) is 142 cm³/mol. The lowest BCUT2D eigenvalue weighted by molar-refractivity contribution is 0.290. The number of para-hydroxylation sites is 1. The van der Waals surface area contributed by atoms with E-state index in [4.69, 9.17) is 9.47 Å². The first-order chi connectivity index (χ1) is 18.3. The molecule has 0 aliphatic carbocycles. The number of benzene rings is 3. The minimum atomic E-state index is 0.238.